The number of rotatable bonds is 6. The summed E-state index contributed by atoms with van der Waals surface area (Å²) in [6.07, 6.45) is 3.03. The number of nitrogens with two attached hydrogens (primary N) is 1. The number of fused-ring (bicyclic) bond motifs is 1. The predicted molar refractivity (Wildman–Crippen MR) is 129 cm³/mol. The molecule has 0 spiro atoms. The van der Waals surface area contributed by atoms with Gasteiger partial charge < -0.3 is 15.4 Å². The number of aromatic nitrogens is 4. The summed E-state index contributed by atoms with van der Waals surface area (Å²) in [5.74, 6) is 1.47. The maximum Gasteiger partial charge on any atom is 0.290 e. The molecule has 5 rings (SSSR count). The number of nitrogen functional groups attached to an aromatic ring is 1. The Morgan fingerprint density at radius 3 is 2.65 bits per heavy atom. The van der Waals surface area contributed by atoms with E-state index in [0.717, 1.165) is 24.2 Å². The lowest BCUT2D eigenvalue weighted by molar-refractivity contribution is -0.127. The van der Waals surface area contributed by atoms with Gasteiger partial charge in [-0.25, -0.2) is 5.10 Å². The number of likely N-dealkylation sites (tertiary alicyclic amines) is 1. The minimum absolute atomic E-state index is 0.0862. The second-order valence-corrected chi connectivity index (χ2v) is 8.16. The quantitative estimate of drug-likeness (QED) is 0.430. The zero-order valence-corrected chi connectivity index (χ0v) is 18.5. The second-order valence-electron chi connectivity index (χ2n) is 8.16. The van der Waals surface area contributed by atoms with Crippen LogP contribution in [0.3, 0.4) is 0 Å². The van der Waals surface area contributed by atoms with Crippen molar-refractivity contribution < 1.29 is 9.53 Å². The molecule has 3 N–H and O–H groups in total. The van der Waals surface area contributed by atoms with Crippen LogP contribution in [0.15, 0.2) is 72.0 Å². The number of nitrogens with one attached hydrogen (secondary N) is 1. The molecule has 1 aliphatic heterocycles. The van der Waals surface area contributed by atoms with Crippen molar-refractivity contribution in [2.45, 2.75) is 25.4 Å². The molecule has 4 aromatic rings. The Labute approximate surface area is 195 Å². The molecule has 0 aliphatic carbocycles. The molecule has 9 nitrogen and oxygen atoms in total. The summed E-state index contributed by atoms with van der Waals surface area (Å²) in [4.78, 5) is 26.8. The molecule has 2 aromatic heterocycles. The zero-order valence-electron chi connectivity index (χ0n) is 18.5. The van der Waals surface area contributed by atoms with Crippen LogP contribution in [-0.2, 0) is 11.3 Å². The van der Waals surface area contributed by atoms with Crippen LogP contribution in [-0.4, -0.2) is 43.4 Å². The van der Waals surface area contributed by atoms with Crippen LogP contribution in [0.4, 0.5) is 5.82 Å². The maximum atomic E-state index is 12.7. The van der Waals surface area contributed by atoms with Gasteiger partial charge in [-0.15, -0.1) is 0 Å². The molecule has 9 heteroatoms. The monoisotopic (exact) mass is 456 g/mol. The predicted octanol–water partition coefficient (Wildman–Crippen LogP) is 3.34. The first kappa shape index (κ1) is 21.4. The number of aromatic amines is 1. The number of benzene rings is 2. The Hall–Kier alpha value is -4.40. The highest BCUT2D eigenvalue weighted by Gasteiger charge is 2.29. The Bertz CT molecular complexity index is 1410. The molecule has 2 aromatic carbocycles. The van der Waals surface area contributed by atoms with Crippen molar-refractivity contribution in [3.8, 4) is 22.8 Å². The fourth-order valence-corrected chi connectivity index (χ4v) is 4.43. The van der Waals surface area contributed by atoms with E-state index >= 15 is 0 Å². The number of nitrogens with zero attached hydrogens (tertiary/aromatic N) is 4. The van der Waals surface area contributed by atoms with Gasteiger partial charge in [0, 0.05) is 12.1 Å². The first-order chi connectivity index (χ1) is 16.5. The Kier molecular flexibility index (Phi) is 5.59. The molecular formula is C25H24N6O3. The van der Waals surface area contributed by atoms with Crippen LogP contribution in [0, 0.1) is 0 Å². The van der Waals surface area contributed by atoms with E-state index in [4.69, 9.17) is 15.6 Å². The van der Waals surface area contributed by atoms with E-state index in [-0.39, 0.29) is 23.3 Å². The minimum Gasteiger partial charge on any atom is -0.457 e. The topological polar surface area (TPSA) is 119 Å². The standard InChI is InChI=1S/C25H24N6O3/c1-2-20(32)30-14-6-7-17(30)15-31-23-21(24(26)27-28-25(23)33)22(29-31)16-10-12-19(13-11-16)34-18-8-4-3-5-9-18/h2-5,8-13,17H,1,6-7,14-15H2,(H2,26,27)(H,28,33). The third-order valence-electron chi connectivity index (χ3n) is 6.03. The number of hydrogen-bond donors (Lipinski definition) is 2. The van der Waals surface area contributed by atoms with E-state index in [9.17, 15) is 9.59 Å². The van der Waals surface area contributed by atoms with Gasteiger partial charge in [0.05, 0.1) is 18.0 Å². The molecule has 1 aliphatic rings. The normalized spacial score (nSPS) is 15.5. The summed E-state index contributed by atoms with van der Waals surface area (Å²) < 4.78 is 7.51. The highest BCUT2D eigenvalue weighted by molar-refractivity contribution is 5.99. The smallest absolute Gasteiger partial charge is 0.290 e. The Morgan fingerprint density at radius 1 is 1.18 bits per heavy atom. The van der Waals surface area contributed by atoms with Gasteiger partial charge in [-0.3, -0.25) is 14.3 Å². The van der Waals surface area contributed by atoms with Gasteiger partial charge in [-0.05, 0) is 55.3 Å². The van der Waals surface area contributed by atoms with Crippen molar-refractivity contribution in [2.75, 3.05) is 12.3 Å². The third-order valence-corrected chi connectivity index (χ3v) is 6.03. The van der Waals surface area contributed by atoms with Crippen LogP contribution < -0.4 is 16.0 Å². The van der Waals surface area contributed by atoms with Crippen molar-refractivity contribution in [3.05, 3.63) is 77.6 Å². The fourth-order valence-electron chi connectivity index (χ4n) is 4.43. The van der Waals surface area contributed by atoms with Crippen LogP contribution in [0.5, 0.6) is 11.5 Å². The van der Waals surface area contributed by atoms with Gasteiger partial charge in [0.2, 0.25) is 5.91 Å². The molecule has 1 atom stereocenters. The zero-order chi connectivity index (χ0) is 23.7. The summed E-state index contributed by atoms with van der Waals surface area (Å²) in [5, 5.41) is 11.6. The van der Waals surface area contributed by atoms with Crippen molar-refractivity contribution in [1.29, 1.82) is 0 Å². The summed E-state index contributed by atoms with van der Waals surface area (Å²) >= 11 is 0. The lowest BCUT2D eigenvalue weighted by atomic mass is 10.1. The number of hydrogen-bond acceptors (Lipinski definition) is 6. The highest BCUT2D eigenvalue weighted by Crippen LogP contribution is 2.32. The van der Waals surface area contributed by atoms with Gasteiger partial charge in [0.15, 0.2) is 5.82 Å². The number of ether oxygens (including phenoxy) is 1. The molecular weight excluding hydrogens is 432 g/mol. The van der Waals surface area contributed by atoms with Crippen molar-refractivity contribution >= 4 is 22.6 Å². The van der Waals surface area contributed by atoms with Gasteiger partial charge >= 0.3 is 0 Å². The van der Waals surface area contributed by atoms with E-state index in [1.165, 1.54) is 6.08 Å². The first-order valence-corrected chi connectivity index (χ1v) is 11.1. The summed E-state index contributed by atoms with van der Waals surface area (Å²) in [6.45, 7) is 4.63. The molecule has 1 saturated heterocycles. The molecule has 1 amide bonds. The number of H-pyrrole nitrogens is 1. The fraction of sp³-hybridized carbons (Fsp3) is 0.200. The average molecular weight is 457 g/mol. The summed E-state index contributed by atoms with van der Waals surface area (Å²) in [6, 6.07) is 16.8. The molecule has 172 valence electrons. The Morgan fingerprint density at radius 2 is 1.91 bits per heavy atom. The minimum atomic E-state index is -0.383. The van der Waals surface area contributed by atoms with Crippen LogP contribution in [0.25, 0.3) is 22.2 Å². The van der Waals surface area contributed by atoms with Crippen molar-refractivity contribution in [1.82, 2.24) is 24.9 Å². The molecule has 34 heavy (non-hydrogen) atoms. The van der Waals surface area contributed by atoms with Crippen LogP contribution in [0.1, 0.15) is 12.8 Å². The van der Waals surface area contributed by atoms with Crippen molar-refractivity contribution in [2.24, 2.45) is 0 Å². The van der Waals surface area contributed by atoms with Gasteiger partial charge in [-0.2, -0.15) is 10.2 Å². The number of anilines is 1. The van der Waals surface area contributed by atoms with E-state index < -0.39 is 0 Å². The van der Waals surface area contributed by atoms with Gasteiger partial charge in [-0.1, -0.05) is 24.8 Å². The number of carbonyl (C=O) groups excluding carboxylic acids is 1. The molecule has 0 radical (unpaired) electrons. The highest BCUT2D eigenvalue weighted by atomic mass is 16.5. The first-order valence-electron chi connectivity index (χ1n) is 11.1. The summed E-state index contributed by atoms with van der Waals surface area (Å²) in [7, 11) is 0. The lowest BCUT2D eigenvalue weighted by Gasteiger charge is -2.23. The van der Waals surface area contributed by atoms with E-state index in [2.05, 4.69) is 16.8 Å². The van der Waals surface area contributed by atoms with E-state index in [1.54, 1.807) is 9.58 Å². The number of carbonyl (C=O) groups is 1. The largest absolute Gasteiger partial charge is 0.457 e. The van der Waals surface area contributed by atoms with E-state index in [0.29, 0.717) is 35.4 Å². The van der Waals surface area contributed by atoms with Crippen LogP contribution >= 0.6 is 0 Å². The Balaban J connectivity index is 1.52. The molecule has 1 fully saturated rings. The maximum absolute atomic E-state index is 12.7. The lowest BCUT2D eigenvalue weighted by Crippen LogP contribution is -2.37. The van der Waals surface area contributed by atoms with Gasteiger partial charge in [0.1, 0.15) is 22.7 Å². The van der Waals surface area contributed by atoms with E-state index in [1.807, 2.05) is 54.6 Å². The summed E-state index contributed by atoms with van der Waals surface area (Å²) in [5.41, 5.74) is 7.46. The molecule has 0 bridgehead atoms. The SMILES string of the molecule is C=CC(=O)N1CCCC1Cn1nc(-c2ccc(Oc3ccccc3)cc2)c2c(N)n[nH]c(=O)c21. The van der Waals surface area contributed by atoms with Gasteiger partial charge in [0.25, 0.3) is 5.56 Å². The second kappa shape index (κ2) is 8.86. The third kappa shape index (κ3) is 3.92. The molecule has 3 heterocycles. The average Bonchev–Trinajstić information content (AvgIpc) is 3.48. The molecule has 1 unspecified atom stereocenters. The van der Waals surface area contributed by atoms with Crippen LogP contribution in [0.2, 0.25) is 0 Å². The molecule has 0 saturated carbocycles. The van der Waals surface area contributed by atoms with Crippen molar-refractivity contribution in [3.63, 3.8) is 0 Å². The number of amides is 1. The number of para-hydroxylation sites is 1.